The van der Waals surface area contributed by atoms with Crippen molar-refractivity contribution >= 4 is 22.9 Å². The number of hydrogen-bond acceptors (Lipinski definition) is 5. The second-order valence-corrected chi connectivity index (χ2v) is 9.07. The molecule has 5 rings (SSSR count). The second-order valence-electron chi connectivity index (χ2n) is 8.68. The molecule has 2 aromatic carbocycles. The minimum atomic E-state index is -0.217. The van der Waals surface area contributed by atoms with Crippen molar-refractivity contribution in [3.05, 3.63) is 100 Å². The molecule has 0 saturated heterocycles. The van der Waals surface area contributed by atoms with Gasteiger partial charge in [-0.05, 0) is 74.8 Å². The first-order valence-corrected chi connectivity index (χ1v) is 11.6. The van der Waals surface area contributed by atoms with Gasteiger partial charge in [-0.2, -0.15) is 4.98 Å². The molecule has 1 unspecified atom stereocenters. The summed E-state index contributed by atoms with van der Waals surface area (Å²) in [5.41, 5.74) is 7.45. The zero-order valence-corrected chi connectivity index (χ0v) is 20.4. The lowest BCUT2D eigenvalue weighted by atomic mass is 9.92. The first kappa shape index (κ1) is 22.1. The largest absolute Gasteiger partial charge is 0.467 e. The van der Waals surface area contributed by atoms with Gasteiger partial charge in [0.2, 0.25) is 5.82 Å². The molecule has 172 valence electrons. The first-order valence-electron chi connectivity index (χ1n) is 11.2. The normalized spacial score (nSPS) is 16.2. The Bertz CT molecular complexity index is 1390. The lowest BCUT2D eigenvalue weighted by Crippen LogP contribution is -2.45. The maximum Gasteiger partial charge on any atom is 0.258 e. The van der Waals surface area contributed by atoms with Gasteiger partial charge in [0.1, 0.15) is 5.76 Å². The summed E-state index contributed by atoms with van der Waals surface area (Å²) in [5, 5.41) is 8.43. The molecule has 4 aromatic rings. The van der Waals surface area contributed by atoms with Crippen LogP contribution in [0.5, 0.6) is 0 Å². The fraction of sp³-hybridized carbons (Fsp3) is 0.222. The minimum absolute atomic E-state index is 0.217. The Balaban J connectivity index is 1.62. The highest BCUT2D eigenvalue weighted by Crippen LogP contribution is 2.38. The SMILES string of the molecule is CC1=C(c2nc(-c3cccc(C)c3)no2)C(c2ccc(C)c(C)c2)NC(=S)N1Cc1ccco1. The van der Waals surface area contributed by atoms with E-state index < -0.39 is 0 Å². The number of nitrogens with zero attached hydrogens (tertiary/aromatic N) is 3. The summed E-state index contributed by atoms with van der Waals surface area (Å²) in [7, 11) is 0. The maximum absolute atomic E-state index is 5.84. The summed E-state index contributed by atoms with van der Waals surface area (Å²) in [6.07, 6.45) is 1.67. The summed E-state index contributed by atoms with van der Waals surface area (Å²) in [5.74, 6) is 1.85. The average Bonchev–Trinajstić information content (AvgIpc) is 3.50. The van der Waals surface area contributed by atoms with Crippen LogP contribution in [0, 0.1) is 20.8 Å². The fourth-order valence-corrected chi connectivity index (χ4v) is 4.55. The van der Waals surface area contributed by atoms with Crippen molar-refractivity contribution in [3.63, 3.8) is 0 Å². The molecule has 1 aliphatic heterocycles. The summed E-state index contributed by atoms with van der Waals surface area (Å²) in [4.78, 5) is 6.81. The number of aromatic nitrogens is 2. The Hall–Kier alpha value is -3.71. The van der Waals surface area contributed by atoms with Gasteiger partial charge in [0.25, 0.3) is 5.89 Å². The van der Waals surface area contributed by atoms with Crippen molar-refractivity contribution in [1.29, 1.82) is 0 Å². The molecular formula is C27H26N4O2S. The van der Waals surface area contributed by atoms with E-state index in [1.807, 2.05) is 55.1 Å². The van der Waals surface area contributed by atoms with Gasteiger partial charge in [0.15, 0.2) is 5.11 Å². The van der Waals surface area contributed by atoms with E-state index in [4.69, 9.17) is 26.1 Å². The zero-order chi connectivity index (χ0) is 23.8. The van der Waals surface area contributed by atoms with Crippen molar-refractivity contribution in [2.24, 2.45) is 0 Å². The summed E-state index contributed by atoms with van der Waals surface area (Å²) in [6.45, 7) is 8.81. The van der Waals surface area contributed by atoms with Crippen molar-refractivity contribution in [1.82, 2.24) is 20.4 Å². The first-order chi connectivity index (χ1) is 16.4. The van der Waals surface area contributed by atoms with Crippen LogP contribution in [0.2, 0.25) is 0 Å². The Morgan fingerprint density at radius 1 is 1.00 bits per heavy atom. The molecule has 0 amide bonds. The van der Waals surface area contributed by atoms with Gasteiger partial charge in [-0.3, -0.25) is 0 Å². The molecule has 2 aromatic heterocycles. The van der Waals surface area contributed by atoms with Crippen LogP contribution in [0.25, 0.3) is 17.0 Å². The van der Waals surface area contributed by atoms with E-state index in [-0.39, 0.29) is 6.04 Å². The third-order valence-electron chi connectivity index (χ3n) is 6.29. The highest BCUT2D eigenvalue weighted by atomic mass is 32.1. The third-order valence-corrected chi connectivity index (χ3v) is 6.63. The van der Waals surface area contributed by atoms with E-state index in [1.165, 1.54) is 11.1 Å². The fourth-order valence-electron chi connectivity index (χ4n) is 4.24. The highest BCUT2D eigenvalue weighted by molar-refractivity contribution is 7.80. The second kappa shape index (κ2) is 8.91. The maximum atomic E-state index is 5.84. The predicted molar refractivity (Wildman–Crippen MR) is 136 cm³/mol. The zero-order valence-electron chi connectivity index (χ0n) is 19.6. The molecule has 34 heavy (non-hydrogen) atoms. The minimum Gasteiger partial charge on any atom is -0.467 e. The molecule has 1 N–H and O–H groups in total. The van der Waals surface area contributed by atoms with Crippen LogP contribution in [-0.2, 0) is 6.54 Å². The third kappa shape index (κ3) is 4.15. The van der Waals surface area contributed by atoms with E-state index in [9.17, 15) is 0 Å². The number of aryl methyl sites for hydroxylation is 3. The van der Waals surface area contributed by atoms with Crippen LogP contribution < -0.4 is 5.32 Å². The van der Waals surface area contributed by atoms with E-state index in [2.05, 4.69) is 42.5 Å². The van der Waals surface area contributed by atoms with Gasteiger partial charge >= 0.3 is 0 Å². The standard InChI is InChI=1S/C27H26N4O2S/c1-16-7-5-8-21(13-16)25-29-26(33-30-25)23-19(4)31(15-22-9-6-12-32-22)27(34)28-24(23)20-11-10-17(2)18(3)14-20/h5-14,24H,15H2,1-4H3,(H,28,34). The van der Waals surface area contributed by atoms with E-state index in [1.54, 1.807) is 6.26 Å². The van der Waals surface area contributed by atoms with E-state index >= 15 is 0 Å². The topological polar surface area (TPSA) is 67.3 Å². The highest BCUT2D eigenvalue weighted by Gasteiger charge is 2.34. The monoisotopic (exact) mass is 470 g/mol. The van der Waals surface area contributed by atoms with Gasteiger partial charge in [-0.25, -0.2) is 0 Å². The number of nitrogens with one attached hydrogen (secondary N) is 1. The Morgan fingerprint density at radius 3 is 2.59 bits per heavy atom. The molecule has 7 heteroatoms. The molecule has 0 bridgehead atoms. The quantitative estimate of drug-likeness (QED) is 0.353. The Labute approximate surface area is 204 Å². The Kier molecular flexibility index (Phi) is 5.79. The summed E-state index contributed by atoms with van der Waals surface area (Å²) < 4.78 is 11.4. The van der Waals surface area contributed by atoms with Gasteiger partial charge in [-0.1, -0.05) is 47.1 Å². The van der Waals surface area contributed by atoms with Gasteiger partial charge in [-0.15, -0.1) is 0 Å². The number of furan rings is 1. The lowest BCUT2D eigenvalue weighted by Gasteiger charge is -2.37. The molecular weight excluding hydrogens is 444 g/mol. The molecule has 0 radical (unpaired) electrons. The molecule has 6 nitrogen and oxygen atoms in total. The number of rotatable bonds is 5. The van der Waals surface area contributed by atoms with Crippen molar-refractivity contribution < 1.29 is 8.94 Å². The van der Waals surface area contributed by atoms with Crippen LogP contribution in [0.3, 0.4) is 0 Å². The molecule has 0 spiro atoms. The summed E-state index contributed by atoms with van der Waals surface area (Å²) in [6, 6.07) is 18.1. The van der Waals surface area contributed by atoms with Crippen LogP contribution >= 0.6 is 12.2 Å². The van der Waals surface area contributed by atoms with E-state index in [0.717, 1.165) is 33.7 Å². The van der Waals surface area contributed by atoms with Crippen LogP contribution in [0.15, 0.2) is 75.5 Å². The smallest absolute Gasteiger partial charge is 0.258 e. The molecule has 1 aliphatic rings. The van der Waals surface area contributed by atoms with Crippen molar-refractivity contribution in [2.75, 3.05) is 0 Å². The summed E-state index contributed by atoms with van der Waals surface area (Å²) >= 11 is 5.78. The Morgan fingerprint density at radius 2 is 1.85 bits per heavy atom. The van der Waals surface area contributed by atoms with E-state index in [0.29, 0.717) is 23.4 Å². The molecule has 0 aliphatic carbocycles. The average molecular weight is 471 g/mol. The molecule has 3 heterocycles. The van der Waals surface area contributed by atoms with Crippen molar-refractivity contribution in [3.8, 4) is 11.4 Å². The van der Waals surface area contributed by atoms with Crippen LogP contribution in [0.4, 0.5) is 0 Å². The molecule has 0 saturated carbocycles. The number of hydrogen-bond donors (Lipinski definition) is 1. The van der Waals surface area contributed by atoms with Crippen molar-refractivity contribution in [2.45, 2.75) is 40.3 Å². The number of allylic oxidation sites excluding steroid dienone is 1. The predicted octanol–water partition coefficient (Wildman–Crippen LogP) is 6.12. The number of benzene rings is 2. The number of thiocarbonyl (C=S) groups is 1. The lowest BCUT2D eigenvalue weighted by molar-refractivity contribution is 0.382. The van der Waals surface area contributed by atoms with Gasteiger partial charge in [0, 0.05) is 11.3 Å². The molecule has 1 atom stereocenters. The van der Waals surface area contributed by atoms with Gasteiger partial charge < -0.3 is 19.2 Å². The van der Waals surface area contributed by atoms with Gasteiger partial charge in [0.05, 0.1) is 24.4 Å². The molecule has 0 fully saturated rings. The van der Waals surface area contributed by atoms with Crippen LogP contribution in [0.1, 0.15) is 46.9 Å². The van der Waals surface area contributed by atoms with Crippen LogP contribution in [-0.4, -0.2) is 20.2 Å².